The number of halogens is 1. The van der Waals surface area contributed by atoms with Gasteiger partial charge in [0.2, 0.25) is 0 Å². The van der Waals surface area contributed by atoms with Crippen LogP contribution in [0.4, 0.5) is 0 Å². The molecule has 21 heavy (non-hydrogen) atoms. The van der Waals surface area contributed by atoms with Crippen LogP contribution in [0.5, 0.6) is 0 Å². The zero-order valence-electron chi connectivity index (χ0n) is 11.8. The minimum atomic E-state index is -0.838. The number of hydrogen-bond acceptors (Lipinski definition) is 4. The van der Waals surface area contributed by atoms with Crippen molar-refractivity contribution in [1.29, 1.82) is 0 Å². The maximum absolute atomic E-state index is 11.7. The van der Waals surface area contributed by atoms with E-state index in [1.165, 1.54) is 0 Å². The molecule has 0 saturated heterocycles. The van der Waals surface area contributed by atoms with Gasteiger partial charge in [-0.05, 0) is 18.1 Å². The predicted molar refractivity (Wildman–Crippen MR) is 83.2 cm³/mol. The molecule has 0 spiro atoms. The van der Waals surface area contributed by atoms with Crippen LogP contribution in [0.3, 0.4) is 0 Å². The molecule has 0 aliphatic heterocycles. The highest BCUT2D eigenvalue weighted by atomic mass is 35.5. The van der Waals surface area contributed by atoms with Crippen molar-refractivity contribution in [2.24, 2.45) is 5.73 Å². The molecule has 0 amide bonds. The number of fused-ring (bicyclic) bond motifs is 1. The number of H-pyrrole nitrogens is 1. The molecule has 114 valence electrons. The third-order valence-electron chi connectivity index (χ3n) is 3.09. The third kappa shape index (κ3) is 4.31. The van der Waals surface area contributed by atoms with Crippen LogP contribution in [-0.2, 0) is 20.7 Å². The average molecular weight is 311 g/mol. The Morgan fingerprint density at radius 2 is 2.05 bits per heavy atom. The summed E-state index contributed by atoms with van der Waals surface area (Å²) in [6.45, 7) is 1.84. The van der Waals surface area contributed by atoms with E-state index in [-0.39, 0.29) is 18.8 Å². The molecule has 0 radical (unpaired) electrons. The summed E-state index contributed by atoms with van der Waals surface area (Å²) in [6, 6.07) is 6.93. The highest BCUT2D eigenvalue weighted by molar-refractivity contribution is 5.89. The van der Waals surface area contributed by atoms with Gasteiger partial charge in [0.25, 0.3) is 0 Å². The summed E-state index contributed by atoms with van der Waals surface area (Å²) in [4.78, 5) is 26.1. The standard InChI is InChI=1S/C15H18N2O3.ClH/c1-2-5-14(18)20-15(19)12(16)8-10-9-17-13-7-4-3-6-11(10)13;/h3-4,6-7,9,12,17H,2,5,8,16H2,1H3;1H/t12-;/m0./s1. The second kappa shape index (κ2) is 7.81. The first-order valence-electron chi connectivity index (χ1n) is 6.67. The summed E-state index contributed by atoms with van der Waals surface area (Å²) in [5.74, 6) is -1.19. The number of rotatable bonds is 5. The molecule has 0 aliphatic carbocycles. The number of esters is 2. The molecule has 5 nitrogen and oxygen atoms in total. The van der Waals surface area contributed by atoms with Crippen LogP contribution >= 0.6 is 12.4 Å². The largest absolute Gasteiger partial charge is 0.392 e. The Bertz CT molecular complexity index is 624. The number of nitrogens with two attached hydrogens (primary N) is 1. The molecule has 2 aromatic rings. The van der Waals surface area contributed by atoms with Crippen molar-refractivity contribution < 1.29 is 14.3 Å². The van der Waals surface area contributed by atoms with Gasteiger partial charge in [0.1, 0.15) is 6.04 Å². The van der Waals surface area contributed by atoms with Crippen LogP contribution < -0.4 is 5.73 Å². The fourth-order valence-corrected chi connectivity index (χ4v) is 2.06. The number of para-hydroxylation sites is 1. The first-order valence-corrected chi connectivity index (χ1v) is 6.67. The van der Waals surface area contributed by atoms with E-state index >= 15 is 0 Å². The minimum absolute atomic E-state index is 0. The Morgan fingerprint density at radius 3 is 2.76 bits per heavy atom. The topological polar surface area (TPSA) is 85.2 Å². The normalized spacial score (nSPS) is 11.7. The molecular formula is C15H19ClN2O3. The van der Waals surface area contributed by atoms with Crippen molar-refractivity contribution in [3.05, 3.63) is 36.0 Å². The molecule has 0 saturated carbocycles. The van der Waals surface area contributed by atoms with Gasteiger partial charge in [-0.3, -0.25) is 4.79 Å². The number of nitrogens with one attached hydrogen (secondary N) is 1. The van der Waals surface area contributed by atoms with Crippen molar-refractivity contribution in [2.45, 2.75) is 32.2 Å². The van der Waals surface area contributed by atoms with Gasteiger partial charge in [-0.1, -0.05) is 25.1 Å². The number of benzene rings is 1. The fraction of sp³-hybridized carbons (Fsp3) is 0.333. The van der Waals surface area contributed by atoms with Crippen molar-refractivity contribution in [3.63, 3.8) is 0 Å². The summed E-state index contributed by atoms with van der Waals surface area (Å²) in [7, 11) is 0. The molecular weight excluding hydrogens is 292 g/mol. The van der Waals surface area contributed by atoms with Crippen LogP contribution in [0.25, 0.3) is 10.9 Å². The molecule has 1 aromatic heterocycles. The van der Waals surface area contributed by atoms with Gasteiger partial charge < -0.3 is 15.5 Å². The first kappa shape index (κ1) is 17.2. The summed E-state index contributed by atoms with van der Waals surface area (Å²) in [5, 5.41) is 1.02. The summed E-state index contributed by atoms with van der Waals surface area (Å²) >= 11 is 0. The quantitative estimate of drug-likeness (QED) is 0.655. The molecule has 1 aromatic carbocycles. The molecule has 0 fully saturated rings. The minimum Gasteiger partial charge on any atom is -0.392 e. The van der Waals surface area contributed by atoms with Crippen LogP contribution in [-0.4, -0.2) is 23.0 Å². The van der Waals surface area contributed by atoms with Crippen LogP contribution in [0.15, 0.2) is 30.5 Å². The monoisotopic (exact) mass is 310 g/mol. The number of hydrogen-bond donors (Lipinski definition) is 2. The Balaban J connectivity index is 0.00000220. The van der Waals surface area contributed by atoms with E-state index in [4.69, 9.17) is 10.5 Å². The highest BCUT2D eigenvalue weighted by Crippen LogP contribution is 2.18. The van der Waals surface area contributed by atoms with Crippen molar-refractivity contribution in [1.82, 2.24) is 4.98 Å². The average Bonchev–Trinajstić information content (AvgIpc) is 2.82. The summed E-state index contributed by atoms with van der Waals surface area (Å²) < 4.78 is 4.70. The van der Waals surface area contributed by atoms with E-state index in [1.807, 2.05) is 37.4 Å². The number of carbonyl (C=O) groups excluding carboxylic acids is 2. The molecule has 0 bridgehead atoms. The number of aromatic amines is 1. The summed E-state index contributed by atoms with van der Waals surface area (Å²) in [5.41, 5.74) is 7.73. The van der Waals surface area contributed by atoms with Crippen LogP contribution in [0.1, 0.15) is 25.3 Å². The summed E-state index contributed by atoms with van der Waals surface area (Å²) in [6.07, 6.45) is 3.03. The van der Waals surface area contributed by atoms with Gasteiger partial charge in [0, 0.05) is 29.9 Å². The Kier molecular flexibility index (Phi) is 6.39. The van der Waals surface area contributed by atoms with Gasteiger partial charge in [-0.2, -0.15) is 0 Å². The maximum atomic E-state index is 11.7. The van der Waals surface area contributed by atoms with Crippen LogP contribution in [0, 0.1) is 0 Å². The zero-order valence-corrected chi connectivity index (χ0v) is 12.6. The van der Waals surface area contributed by atoms with Crippen LogP contribution in [0.2, 0.25) is 0 Å². The number of ether oxygens (including phenoxy) is 1. The SMILES string of the molecule is CCCC(=O)OC(=O)[C@@H](N)Cc1c[nH]c2ccccc12.Cl. The van der Waals surface area contributed by atoms with E-state index in [0.29, 0.717) is 12.8 Å². The van der Waals surface area contributed by atoms with E-state index in [9.17, 15) is 9.59 Å². The number of carbonyl (C=O) groups is 2. The molecule has 0 aliphatic rings. The maximum Gasteiger partial charge on any atom is 0.330 e. The van der Waals surface area contributed by atoms with Crippen molar-refractivity contribution >= 4 is 35.2 Å². The molecule has 6 heteroatoms. The molecule has 0 unspecified atom stereocenters. The lowest BCUT2D eigenvalue weighted by Crippen LogP contribution is -2.35. The van der Waals surface area contributed by atoms with Gasteiger partial charge in [0.15, 0.2) is 0 Å². The van der Waals surface area contributed by atoms with Gasteiger partial charge in [0.05, 0.1) is 0 Å². The second-order valence-corrected chi connectivity index (χ2v) is 4.71. The third-order valence-corrected chi connectivity index (χ3v) is 3.09. The lowest BCUT2D eigenvalue weighted by atomic mass is 10.1. The van der Waals surface area contributed by atoms with E-state index < -0.39 is 18.0 Å². The Morgan fingerprint density at radius 1 is 1.33 bits per heavy atom. The van der Waals surface area contributed by atoms with Crippen molar-refractivity contribution in [3.8, 4) is 0 Å². The van der Waals surface area contributed by atoms with E-state index in [2.05, 4.69) is 4.98 Å². The molecule has 1 atom stereocenters. The second-order valence-electron chi connectivity index (χ2n) is 4.71. The fourth-order valence-electron chi connectivity index (χ4n) is 2.06. The lowest BCUT2D eigenvalue weighted by molar-refractivity contribution is -0.160. The van der Waals surface area contributed by atoms with Gasteiger partial charge in [-0.15, -0.1) is 12.4 Å². The first-order chi connectivity index (χ1) is 9.61. The smallest absolute Gasteiger partial charge is 0.330 e. The molecule has 2 rings (SSSR count). The Labute approximate surface area is 129 Å². The molecule has 1 heterocycles. The Hall–Kier alpha value is -1.85. The van der Waals surface area contributed by atoms with Crippen molar-refractivity contribution in [2.75, 3.05) is 0 Å². The van der Waals surface area contributed by atoms with E-state index in [1.54, 1.807) is 0 Å². The van der Waals surface area contributed by atoms with E-state index in [0.717, 1.165) is 16.5 Å². The van der Waals surface area contributed by atoms with Gasteiger partial charge in [-0.25, -0.2) is 4.79 Å². The highest BCUT2D eigenvalue weighted by Gasteiger charge is 2.20. The zero-order chi connectivity index (χ0) is 14.5. The number of aromatic nitrogens is 1. The predicted octanol–water partition coefficient (Wildman–Crippen LogP) is 2.33. The van der Waals surface area contributed by atoms with Gasteiger partial charge >= 0.3 is 11.9 Å². The molecule has 3 N–H and O–H groups in total. The lowest BCUT2D eigenvalue weighted by Gasteiger charge is -2.09.